The molecule has 0 aliphatic heterocycles. The van der Waals surface area contributed by atoms with E-state index in [2.05, 4.69) is 159 Å². The second-order valence-corrected chi connectivity index (χ2v) is 15.5. The molecule has 0 N–H and O–H groups in total. The van der Waals surface area contributed by atoms with Gasteiger partial charge in [-0.25, -0.2) is 6.08 Å². The summed E-state index contributed by atoms with van der Waals surface area (Å²) in [6.07, 6.45) is 18.9. The molecule has 4 aromatic carbocycles. The second kappa shape index (κ2) is 14.1. The SMILES string of the molecule is CC(C)(C)C1=CC[C-]=C1.CC1(C)C=Cc2cc3c(cc21)[cH-]c1cc2c(cc13)C=CC2(C)C.CC[C](=[Zr+2])c1ccccc1.[Cl-].[Cl-]. The topological polar surface area (TPSA) is 0 Å². The first-order chi connectivity index (χ1) is 19.8. The summed E-state index contributed by atoms with van der Waals surface area (Å²) >= 11 is 1.54. The van der Waals surface area contributed by atoms with Gasteiger partial charge in [0, 0.05) is 10.8 Å². The van der Waals surface area contributed by atoms with Crippen molar-refractivity contribution in [1.29, 1.82) is 0 Å². The van der Waals surface area contributed by atoms with Crippen LogP contribution >= 0.6 is 0 Å². The smallest absolute Gasteiger partial charge is 1.00 e. The number of halogens is 2. The average molecular weight is 699 g/mol. The molecule has 0 aromatic heterocycles. The van der Waals surface area contributed by atoms with Crippen molar-refractivity contribution in [3.05, 3.63) is 124 Å². The summed E-state index contributed by atoms with van der Waals surface area (Å²) < 4.78 is 1.55. The van der Waals surface area contributed by atoms with Crippen molar-refractivity contribution in [3.63, 3.8) is 0 Å². The van der Waals surface area contributed by atoms with E-state index in [1.807, 2.05) is 0 Å². The molecule has 7 rings (SSSR count). The zero-order chi connectivity index (χ0) is 30.3. The molecule has 0 saturated heterocycles. The van der Waals surface area contributed by atoms with Gasteiger partial charge in [-0.3, -0.25) is 6.08 Å². The third kappa shape index (κ3) is 7.61. The van der Waals surface area contributed by atoms with Crippen LogP contribution in [0.5, 0.6) is 0 Å². The van der Waals surface area contributed by atoms with E-state index in [9.17, 15) is 0 Å². The fourth-order valence-corrected chi connectivity index (χ4v) is 6.48. The predicted molar refractivity (Wildman–Crippen MR) is 182 cm³/mol. The van der Waals surface area contributed by atoms with E-state index in [0.29, 0.717) is 5.41 Å². The van der Waals surface area contributed by atoms with Crippen LogP contribution in [0.25, 0.3) is 33.7 Å². The standard InChI is InChI=1S/C23H21.C9H13.C9H10.2ClH.Zr/c1-22(2)7-5-14-10-18-16(12-20(14)22)9-17-13-21-15(11-19(17)18)6-8-23(21,3)4;1-9(2,3)8-6-4-5-7-8;1-2-6-9-7-4-3-5-8-9;;;/h5-13H,1-4H3;6-7H,4H2,1-3H3;3-5,7-8H,2H2,1H3;2*1H;/q2*-1;;;;+2/p-2. The van der Waals surface area contributed by atoms with Gasteiger partial charge in [-0.2, -0.15) is 11.6 Å². The third-order valence-electron chi connectivity index (χ3n) is 8.83. The van der Waals surface area contributed by atoms with Crippen molar-refractivity contribution in [2.45, 2.75) is 79.1 Å². The molecule has 0 nitrogen and oxygen atoms in total. The molecule has 3 heteroatoms. The Morgan fingerprint density at radius 2 is 1.32 bits per heavy atom. The number of hydrogen-bond donors (Lipinski definition) is 0. The maximum Gasteiger partial charge on any atom is -1.00 e. The van der Waals surface area contributed by atoms with E-state index in [1.54, 1.807) is 3.21 Å². The summed E-state index contributed by atoms with van der Waals surface area (Å²) in [5.74, 6) is 0. The molecular formula is C41H44Cl2Zr-2. The first-order valence-electron chi connectivity index (χ1n) is 15.3. The van der Waals surface area contributed by atoms with E-state index < -0.39 is 0 Å². The van der Waals surface area contributed by atoms with Gasteiger partial charge in [-0.1, -0.05) is 101 Å². The first kappa shape index (κ1) is 36.3. The van der Waals surface area contributed by atoms with Crippen LogP contribution in [0.2, 0.25) is 0 Å². The minimum atomic E-state index is 0. The Hall–Kier alpha value is -2.18. The number of benzene rings is 3. The molecule has 0 amide bonds. The number of hydrogen-bond acceptors (Lipinski definition) is 0. The van der Waals surface area contributed by atoms with Gasteiger partial charge in [0.1, 0.15) is 0 Å². The Balaban J connectivity index is 0.000000211. The maximum absolute atomic E-state index is 3.16. The fourth-order valence-electron chi connectivity index (χ4n) is 6.07. The Kier molecular flexibility index (Phi) is 11.6. The van der Waals surface area contributed by atoms with Crippen LogP contribution in [0, 0.1) is 11.5 Å². The Morgan fingerprint density at radius 3 is 1.70 bits per heavy atom. The third-order valence-corrected chi connectivity index (χ3v) is 10.4. The van der Waals surface area contributed by atoms with E-state index in [4.69, 9.17) is 0 Å². The van der Waals surface area contributed by atoms with Crippen molar-refractivity contribution in [3.8, 4) is 0 Å². The van der Waals surface area contributed by atoms with Gasteiger partial charge >= 0.3 is 76.7 Å². The molecule has 0 heterocycles. The van der Waals surface area contributed by atoms with Crippen LogP contribution in [0.4, 0.5) is 0 Å². The van der Waals surface area contributed by atoms with Gasteiger partial charge in [0.25, 0.3) is 0 Å². The zero-order valence-electron chi connectivity index (χ0n) is 27.4. The molecule has 0 bridgehead atoms. The van der Waals surface area contributed by atoms with Crippen LogP contribution in [0.3, 0.4) is 0 Å². The molecule has 0 atom stereocenters. The number of allylic oxidation sites excluding steroid dienone is 6. The molecule has 0 radical (unpaired) electrons. The number of rotatable bonds is 2. The molecule has 4 aromatic rings. The molecular weight excluding hydrogens is 655 g/mol. The summed E-state index contributed by atoms with van der Waals surface area (Å²) in [6.45, 7) is 18.1. The van der Waals surface area contributed by atoms with E-state index in [-0.39, 0.29) is 35.6 Å². The van der Waals surface area contributed by atoms with E-state index in [1.165, 1.54) is 85.6 Å². The summed E-state index contributed by atoms with van der Waals surface area (Å²) in [4.78, 5) is 0. The predicted octanol–water partition coefficient (Wildman–Crippen LogP) is 5.21. The summed E-state index contributed by atoms with van der Waals surface area (Å²) in [6, 6.07) is 22.5. The van der Waals surface area contributed by atoms with E-state index in [0.717, 1.165) is 6.42 Å². The average Bonchev–Trinajstić information content (AvgIpc) is 3.74. The quantitative estimate of drug-likeness (QED) is 0.252. The van der Waals surface area contributed by atoms with Crippen molar-refractivity contribution in [1.82, 2.24) is 0 Å². The van der Waals surface area contributed by atoms with Crippen LogP contribution in [-0.2, 0) is 35.1 Å². The normalized spacial score (nSPS) is 16.2. The monoisotopic (exact) mass is 696 g/mol. The van der Waals surface area contributed by atoms with Crippen molar-refractivity contribution in [2.24, 2.45) is 5.41 Å². The Morgan fingerprint density at radius 1 is 0.818 bits per heavy atom. The van der Waals surface area contributed by atoms with Gasteiger partial charge in [-0.05, 0) is 11.1 Å². The minimum absolute atomic E-state index is 0. The first-order valence-corrected chi connectivity index (χ1v) is 16.5. The molecule has 3 aliphatic rings. The maximum atomic E-state index is 3.16. The largest absolute Gasteiger partial charge is 1.00 e. The zero-order valence-corrected chi connectivity index (χ0v) is 31.4. The van der Waals surface area contributed by atoms with Gasteiger partial charge in [-0.15, -0.1) is 46.2 Å². The van der Waals surface area contributed by atoms with Gasteiger partial charge < -0.3 is 24.8 Å². The van der Waals surface area contributed by atoms with Crippen LogP contribution in [0.1, 0.15) is 96.0 Å². The molecule has 0 saturated carbocycles. The van der Waals surface area contributed by atoms with Gasteiger partial charge in [0.05, 0.1) is 0 Å². The summed E-state index contributed by atoms with van der Waals surface area (Å²) in [5.41, 5.74) is 9.12. The summed E-state index contributed by atoms with van der Waals surface area (Å²) in [5, 5.41) is 5.53. The molecule has 228 valence electrons. The van der Waals surface area contributed by atoms with Crippen LogP contribution in [-0.4, -0.2) is 3.21 Å². The van der Waals surface area contributed by atoms with Gasteiger partial charge in [0.2, 0.25) is 0 Å². The van der Waals surface area contributed by atoms with E-state index >= 15 is 0 Å². The Bertz CT molecular complexity index is 1680. The molecule has 0 spiro atoms. The van der Waals surface area contributed by atoms with Crippen molar-refractivity contribution < 1.29 is 49.0 Å². The number of fused-ring (bicyclic) bond motifs is 5. The molecule has 0 fully saturated rings. The fraction of sp³-hybridized carbons (Fsp3) is 0.317. The van der Waals surface area contributed by atoms with Crippen molar-refractivity contribution >= 4 is 36.9 Å². The van der Waals surface area contributed by atoms with Crippen molar-refractivity contribution in [2.75, 3.05) is 0 Å². The van der Waals surface area contributed by atoms with Crippen LogP contribution in [0.15, 0.2) is 90.5 Å². The van der Waals surface area contributed by atoms with Gasteiger partial charge in [0.15, 0.2) is 0 Å². The molecule has 0 unspecified atom stereocenters. The minimum Gasteiger partial charge on any atom is -1.00 e. The Labute approximate surface area is 292 Å². The second-order valence-electron chi connectivity index (χ2n) is 14.0. The van der Waals surface area contributed by atoms with Crippen LogP contribution < -0.4 is 24.8 Å². The molecule has 3 aliphatic carbocycles. The summed E-state index contributed by atoms with van der Waals surface area (Å²) in [7, 11) is 0. The molecule has 44 heavy (non-hydrogen) atoms.